The molecule has 2 aromatic rings. The maximum atomic E-state index is 12.5. The normalized spacial score (nSPS) is 10.6. The van der Waals surface area contributed by atoms with E-state index in [9.17, 15) is 4.79 Å². The van der Waals surface area contributed by atoms with Gasteiger partial charge in [0.25, 0.3) is 0 Å². The van der Waals surface area contributed by atoms with Crippen LogP contribution in [0.1, 0.15) is 28.1 Å². The number of ether oxygens (including phenoxy) is 2. The smallest absolute Gasteiger partial charge is 0.233 e. The van der Waals surface area contributed by atoms with E-state index < -0.39 is 0 Å². The van der Waals surface area contributed by atoms with Gasteiger partial charge >= 0.3 is 0 Å². The predicted molar refractivity (Wildman–Crippen MR) is 108 cm³/mol. The van der Waals surface area contributed by atoms with Crippen molar-refractivity contribution in [3.63, 3.8) is 0 Å². The number of carbonyl (C=O) groups is 1. The minimum absolute atomic E-state index is 0.0219. The molecule has 0 bridgehead atoms. The first-order valence-electron chi connectivity index (χ1n) is 8.66. The van der Waals surface area contributed by atoms with Gasteiger partial charge in [-0.25, -0.2) is 9.97 Å². The molecule has 1 aromatic heterocycles. The highest BCUT2D eigenvalue weighted by Crippen LogP contribution is 2.30. The van der Waals surface area contributed by atoms with Gasteiger partial charge in [0.1, 0.15) is 0 Å². The number of methoxy groups -OCH3 is 2. The third-order valence-electron chi connectivity index (χ3n) is 4.61. The van der Waals surface area contributed by atoms with Crippen LogP contribution in [-0.2, 0) is 11.3 Å². The minimum atomic E-state index is 0.0219. The van der Waals surface area contributed by atoms with Crippen LogP contribution in [0.2, 0.25) is 0 Å². The number of hydrogen-bond donors (Lipinski definition) is 0. The Labute approximate surface area is 165 Å². The van der Waals surface area contributed by atoms with Crippen molar-refractivity contribution in [2.75, 3.05) is 27.0 Å². The highest BCUT2D eigenvalue weighted by Gasteiger charge is 2.15. The van der Waals surface area contributed by atoms with E-state index in [1.165, 1.54) is 11.8 Å². The summed E-state index contributed by atoms with van der Waals surface area (Å²) in [7, 11) is 5.01. The fourth-order valence-corrected chi connectivity index (χ4v) is 3.46. The second-order valence-electron chi connectivity index (χ2n) is 6.47. The lowest BCUT2D eigenvalue weighted by Gasteiger charge is -2.20. The van der Waals surface area contributed by atoms with Crippen molar-refractivity contribution in [1.82, 2.24) is 14.9 Å². The maximum Gasteiger partial charge on any atom is 0.233 e. The first-order valence-corrected chi connectivity index (χ1v) is 9.65. The molecule has 0 aliphatic carbocycles. The molecule has 7 heteroatoms. The van der Waals surface area contributed by atoms with Crippen LogP contribution in [0.4, 0.5) is 0 Å². The zero-order valence-electron chi connectivity index (χ0n) is 17.0. The average molecular weight is 390 g/mol. The van der Waals surface area contributed by atoms with Gasteiger partial charge in [-0.15, -0.1) is 0 Å². The van der Waals surface area contributed by atoms with E-state index in [2.05, 4.69) is 9.97 Å². The van der Waals surface area contributed by atoms with Gasteiger partial charge in [-0.1, -0.05) is 11.8 Å². The van der Waals surface area contributed by atoms with Crippen molar-refractivity contribution in [2.24, 2.45) is 0 Å². The monoisotopic (exact) mass is 389 g/mol. The Kier molecular flexibility index (Phi) is 7.07. The Balaban J connectivity index is 2.04. The van der Waals surface area contributed by atoms with Crippen LogP contribution in [0.15, 0.2) is 17.3 Å². The molecule has 27 heavy (non-hydrogen) atoms. The number of carbonyl (C=O) groups excluding carboxylic acids is 1. The summed E-state index contributed by atoms with van der Waals surface area (Å²) in [6, 6.07) is 3.84. The lowest BCUT2D eigenvalue weighted by molar-refractivity contribution is -0.127. The van der Waals surface area contributed by atoms with E-state index >= 15 is 0 Å². The molecule has 0 radical (unpaired) electrons. The van der Waals surface area contributed by atoms with Crippen molar-refractivity contribution < 1.29 is 14.3 Å². The van der Waals surface area contributed by atoms with Crippen molar-refractivity contribution >= 4 is 17.7 Å². The molecule has 1 amide bonds. The summed E-state index contributed by atoms with van der Waals surface area (Å²) in [6.45, 7) is 8.42. The summed E-state index contributed by atoms with van der Waals surface area (Å²) in [6.07, 6.45) is 0. The molecule has 0 spiro atoms. The van der Waals surface area contributed by atoms with Gasteiger partial charge in [0.15, 0.2) is 16.7 Å². The molecule has 1 heterocycles. The van der Waals surface area contributed by atoms with Gasteiger partial charge in [0.2, 0.25) is 5.91 Å². The molecule has 0 unspecified atom stereocenters. The quantitative estimate of drug-likeness (QED) is 0.534. The third kappa shape index (κ3) is 5.13. The summed E-state index contributed by atoms with van der Waals surface area (Å²) in [4.78, 5) is 23.2. The van der Waals surface area contributed by atoms with E-state index in [1.54, 1.807) is 26.2 Å². The number of aromatic nitrogens is 2. The first-order chi connectivity index (χ1) is 12.8. The van der Waals surface area contributed by atoms with Crippen LogP contribution in [0.25, 0.3) is 0 Å². The fraction of sp³-hybridized carbons (Fsp3) is 0.450. The van der Waals surface area contributed by atoms with Crippen molar-refractivity contribution in [3.05, 3.63) is 40.2 Å². The number of benzene rings is 1. The molecule has 0 aliphatic heterocycles. The molecular formula is C20H27N3O3S. The van der Waals surface area contributed by atoms with E-state index in [4.69, 9.17) is 9.47 Å². The van der Waals surface area contributed by atoms with E-state index in [-0.39, 0.29) is 5.91 Å². The van der Waals surface area contributed by atoms with Gasteiger partial charge in [-0.05, 0) is 56.5 Å². The van der Waals surface area contributed by atoms with Gasteiger partial charge in [-0.3, -0.25) is 4.79 Å². The molecule has 0 fully saturated rings. The topological polar surface area (TPSA) is 64.5 Å². The van der Waals surface area contributed by atoms with Crippen LogP contribution >= 0.6 is 11.8 Å². The average Bonchev–Trinajstić information content (AvgIpc) is 2.64. The van der Waals surface area contributed by atoms with Crippen LogP contribution in [0.3, 0.4) is 0 Å². The largest absolute Gasteiger partial charge is 0.493 e. The fourth-order valence-electron chi connectivity index (χ4n) is 2.58. The second-order valence-corrected chi connectivity index (χ2v) is 7.42. The maximum absolute atomic E-state index is 12.5. The Morgan fingerprint density at radius 1 is 1.04 bits per heavy atom. The SMILES string of the molecule is COc1cc(C)c(CN(C)C(=O)CSc2nc(C)c(C)c(C)n2)cc1OC. The van der Waals surface area contributed by atoms with Gasteiger partial charge in [-0.2, -0.15) is 0 Å². The lowest BCUT2D eigenvalue weighted by atomic mass is 10.1. The summed E-state index contributed by atoms with van der Waals surface area (Å²) in [5.74, 6) is 1.66. The van der Waals surface area contributed by atoms with Gasteiger partial charge in [0, 0.05) is 25.0 Å². The predicted octanol–water partition coefficient (Wildman–Crippen LogP) is 3.48. The van der Waals surface area contributed by atoms with Crippen LogP contribution in [-0.4, -0.2) is 47.8 Å². The number of aryl methyl sites for hydroxylation is 3. The van der Waals surface area contributed by atoms with E-state index in [1.807, 2.05) is 39.8 Å². The molecule has 146 valence electrons. The number of amides is 1. The van der Waals surface area contributed by atoms with Crippen LogP contribution in [0.5, 0.6) is 11.5 Å². The Morgan fingerprint density at radius 3 is 2.15 bits per heavy atom. The Morgan fingerprint density at radius 2 is 1.59 bits per heavy atom. The summed E-state index contributed by atoms with van der Waals surface area (Å²) in [5.41, 5.74) is 5.06. The number of hydrogen-bond acceptors (Lipinski definition) is 6. The molecule has 2 rings (SSSR count). The number of thioether (sulfide) groups is 1. The van der Waals surface area contributed by atoms with E-state index in [0.717, 1.165) is 28.1 Å². The standard InChI is InChI=1S/C20H27N3O3S/c1-12-8-17(25-6)18(26-7)9-16(12)10-23(5)19(24)11-27-20-21-14(3)13(2)15(4)22-20/h8-9H,10-11H2,1-7H3. The van der Waals surface area contributed by atoms with Crippen molar-refractivity contribution in [3.8, 4) is 11.5 Å². The highest BCUT2D eigenvalue weighted by atomic mass is 32.2. The molecule has 0 aliphatic rings. The van der Waals surface area contributed by atoms with Gasteiger partial charge < -0.3 is 14.4 Å². The molecule has 0 atom stereocenters. The van der Waals surface area contributed by atoms with Gasteiger partial charge in [0.05, 0.1) is 20.0 Å². The molecular weight excluding hydrogens is 362 g/mol. The molecule has 0 N–H and O–H groups in total. The molecule has 1 aromatic carbocycles. The number of nitrogens with zero attached hydrogens (tertiary/aromatic N) is 3. The van der Waals surface area contributed by atoms with E-state index in [0.29, 0.717) is 29.0 Å². The zero-order chi connectivity index (χ0) is 20.1. The zero-order valence-corrected chi connectivity index (χ0v) is 17.9. The molecule has 0 saturated carbocycles. The van der Waals surface area contributed by atoms with Crippen LogP contribution in [0, 0.1) is 27.7 Å². The minimum Gasteiger partial charge on any atom is -0.493 e. The van der Waals surface area contributed by atoms with Crippen molar-refractivity contribution in [2.45, 2.75) is 39.4 Å². The summed E-state index contributed by atoms with van der Waals surface area (Å²) >= 11 is 1.36. The van der Waals surface area contributed by atoms with Crippen molar-refractivity contribution in [1.29, 1.82) is 0 Å². The lowest BCUT2D eigenvalue weighted by Crippen LogP contribution is -2.28. The summed E-state index contributed by atoms with van der Waals surface area (Å²) in [5, 5.41) is 0.639. The second kappa shape index (κ2) is 9.08. The van der Waals surface area contributed by atoms with Crippen LogP contribution < -0.4 is 9.47 Å². The first kappa shape index (κ1) is 21.0. The Bertz CT molecular complexity index is 816. The third-order valence-corrected chi connectivity index (χ3v) is 5.44. The molecule has 0 saturated heterocycles. The summed E-state index contributed by atoms with van der Waals surface area (Å²) < 4.78 is 10.7. The number of rotatable bonds is 7. The Hall–Kier alpha value is -2.28. The molecule has 6 nitrogen and oxygen atoms in total. The highest BCUT2D eigenvalue weighted by molar-refractivity contribution is 7.99.